The van der Waals surface area contributed by atoms with Crippen molar-refractivity contribution in [2.24, 2.45) is 0 Å². The minimum absolute atomic E-state index is 0.469. The van der Waals surface area contributed by atoms with Gasteiger partial charge in [0.2, 0.25) is 0 Å². The van der Waals surface area contributed by atoms with E-state index in [9.17, 15) is 10.5 Å². The molecule has 2 aromatic heterocycles. The van der Waals surface area contributed by atoms with Crippen molar-refractivity contribution < 1.29 is 0 Å². The van der Waals surface area contributed by atoms with Crippen molar-refractivity contribution in [1.29, 1.82) is 10.5 Å². The number of para-hydroxylation sites is 2. The van der Waals surface area contributed by atoms with Gasteiger partial charge in [0.05, 0.1) is 45.0 Å². The molecule has 0 spiro atoms. The summed E-state index contributed by atoms with van der Waals surface area (Å²) < 4.78 is 4.51. The second-order valence-electron chi connectivity index (χ2n) is 10.5. The molecule has 0 aliphatic heterocycles. The van der Waals surface area contributed by atoms with Crippen molar-refractivity contribution in [3.05, 3.63) is 145 Å². The molecule has 0 aliphatic rings. The van der Waals surface area contributed by atoms with Gasteiger partial charge in [0.25, 0.3) is 0 Å². The number of fused-ring (bicyclic) bond motifs is 6. The van der Waals surface area contributed by atoms with Crippen LogP contribution < -0.4 is 0 Å². The van der Waals surface area contributed by atoms with Crippen LogP contribution in [0.15, 0.2) is 133 Å². The molecule has 42 heavy (non-hydrogen) atoms. The lowest BCUT2D eigenvalue weighted by atomic mass is 10.1. The van der Waals surface area contributed by atoms with Crippen molar-refractivity contribution in [3.8, 4) is 34.6 Å². The van der Waals surface area contributed by atoms with E-state index in [-0.39, 0.29) is 0 Å². The van der Waals surface area contributed by atoms with Gasteiger partial charge in [-0.15, -0.1) is 0 Å². The Kier molecular flexibility index (Phi) is 5.22. The summed E-state index contributed by atoms with van der Waals surface area (Å²) in [5.41, 5.74) is 9.45. The van der Waals surface area contributed by atoms with E-state index in [1.165, 1.54) is 11.1 Å². The fourth-order valence-corrected chi connectivity index (χ4v) is 6.31. The Morgan fingerprint density at radius 1 is 0.429 bits per heavy atom. The van der Waals surface area contributed by atoms with Gasteiger partial charge >= 0.3 is 0 Å². The first-order chi connectivity index (χ1) is 20.7. The Labute approximate surface area is 242 Å². The van der Waals surface area contributed by atoms with Gasteiger partial charge in [0.1, 0.15) is 6.07 Å². The fraction of sp³-hybridized carbons (Fsp3) is 0. The van der Waals surface area contributed by atoms with E-state index in [0.29, 0.717) is 11.1 Å². The van der Waals surface area contributed by atoms with Gasteiger partial charge in [-0.25, -0.2) is 0 Å². The SMILES string of the molecule is N#Cc1ccc(-n2c3ccccc3c3cc4c(cc32)c2ccccc2n4-c2cccc(-c3ccccc3)c2)c(C#N)c1. The number of aromatic nitrogens is 2. The van der Waals surface area contributed by atoms with Crippen LogP contribution in [0.1, 0.15) is 11.1 Å². The molecule has 0 amide bonds. The molecule has 6 aromatic carbocycles. The van der Waals surface area contributed by atoms with Gasteiger partial charge in [-0.1, -0.05) is 78.9 Å². The maximum absolute atomic E-state index is 10.1. The molecule has 0 saturated heterocycles. The second-order valence-corrected chi connectivity index (χ2v) is 10.5. The molecule has 194 valence electrons. The molecule has 0 radical (unpaired) electrons. The Hall–Kier alpha value is -6.10. The lowest BCUT2D eigenvalue weighted by Gasteiger charge is -2.11. The Morgan fingerprint density at radius 2 is 1.05 bits per heavy atom. The van der Waals surface area contributed by atoms with Gasteiger partial charge in [-0.2, -0.15) is 10.5 Å². The van der Waals surface area contributed by atoms with Gasteiger partial charge in [-0.05, 0) is 65.7 Å². The molecule has 0 aliphatic carbocycles. The van der Waals surface area contributed by atoms with Crippen molar-refractivity contribution in [3.63, 3.8) is 0 Å². The van der Waals surface area contributed by atoms with Crippen LogP contribution in [0.25, 0.3) is 66.1 Å². The summed E-state index contributed by atoms with van der Waals surface area (Å²) in [6.07, 6.45) is 0. The number of hydrogen-bond donors (Lipinski definition) is 0. The summed E-state index contributed by atoms with van der Waals surface area (Å²) in [6, 6.07) is 50.3. The summed E-state index contributed by atoms with van der Waals surface area (Å²) in [7, 11) is 0. The van der Waals surface area contributed by atoms with Crippen LogP contribution in [0.4, 0.5) is 0 Å². The number of nitriles is 2. The van der Waals surface area contributed by atoms with E-state index < -0.39 is 0 Å². The molecule has 2 heterocycles. The quantitative estimate of drug-likeness (QED) is 0.227. The van der Waals surface area contributed by atoms with E-state index in [1.54, 1.807) is 12.1 Å². The van der Waals surface area contributed by atoms with Gasteiger partial charge in [-0.3, -0.25) is 0 Å². The smallest absolute Gasteiger partial charge is 0.101 e. The van der Waals surface area contributed by atoms with Crippen LogP contribution in [-0.2, 0) is 0 Å². The maximum Gasteiger partial charge on any atom is 0.101 e. The topological polar surface area (TPSA) is 57.4 Å². The van der Waals surface area contributed by atoms with Gasteiger partial charge in [0, 0.05) is 27.2 Å². The zero-order valence-electron chi connectivity index (χ0n) is 22.5. The molecule has 0 N–H and O–H groups in total. The van der Waals surface area contributed by atoms with Crippen molar-refractivity contribution in [1.82, 2.24) is 9.13 Å². The van der Waals surface area contributed by atoms with Crippen LogP contribution in [0.3, 0.4) is 0 Å². The van der Waals surface area contributed by atoms with Crippen molar-refractivity contribution >= 4 is 43.6 Å². The van der Waals surface area contributed by atoms with Gasteiger partial charge in [0.15, 0.2) is 0 Å². The zero-order chi connectivity index (χ0) is 28.2. The molecule has 0 bridgehead atoms. The largest absolute Gasteiger partial charge is 0.309 e. The molecule has 0 fully saturated rings. The molecule has 4 heteroatoms. The second kappa shape index (κ2) is 9.24. The Morgan fingerprint density at radius 3 is 1.74 bits per heavy atom. The van der Waals surface area contributed by atoms with Crippen molar-refractivity contribution in [2.45, 2.75) is 0 Å². The lowest BCUT2D eigenvalue weighted by molar-refractivity contribution is 1.16. The van der Waals surface area contributed by atoms with Crippen LogP contribution in [0.5, 0.6) is 0 Å². The highest BCUT2D eigenvalue weighted by Gasteiger charge is 2.19. The number of rotatable bonds is 3. The highest BCUT2D eigenvalue weighted by atomic mass is 15.0. The summed E-state index contributed by atoms with van der Waals surface area (Å²) in [6.45, 7) is 0. The third-order valence-corrected chi connectivity index (χ3v) is 8.16. The first-order valence-corrected chi connectivity index (χ1v) is 13.8. The first kappa shape index (κ1) is 23.8. The molecule has 0 saturated carbocycles. The van der Waals surface area contributed by atoms with E-state index in [2.05, 4.69) is 124 Å². The third-order valence-electron chi connectivity index (χ3n) is 8.16. The number of hydrogen-bond acceptors (Lipinski definition) is 2. The molecule has 8 rings (SSSR count). The van der Waals surface area contributed by atoms with Crippen LogP contribution in [0, 0.1) is 22.7 Å². The summed E-state index contributed by atoms with van der Waals surface area (Å²) in [4.78, 5) is 0. The van der Waals surface area contributed by atoms with Crippen molar-refractivity contribution in [2.75, 3.05) is 0 Å². The normalized spacial score (nSPS) is 11.3. The number of benzene rings is 6. The Balaban J connectivity index is 1.48. The van der Waals surface area contributed by atoms with Gasteiger partial charge < -0.3 is 9.13 Å². The fourth-order valence-electron chi connectivity index (χ4n) is 6.31. The molecular formula is C38H22N4. The highest BCUT2D eigenvalue weighted by molar-refractivity contribution is 6.19. The number of nitrogens with zero attached hydrogens (tertiary/aromatic N) is 4. The highest BCUT2D eigenvalue weighted by Crippen LogP contribution is 2.40. The van der Waals surface area contributed by atoms with Crippen LogP contribution >= 0.6 is 0 Å². The average molecular weight is 535 g/mol. The predicted molar refractivity (Wildman–Crippen MR) is 170 cm³/mol. The molecule has 0 atom stereocenters. The van der Waals surface area contributed by atoms with Crippen LogP contribution in [-0.4, -0.2) is 9.13 Å². The van der Waals surface area contributed by atoms with E-state index in [4.69, 9.17) is 0 Å². The maximum atomic E-state index is 10.1. The standard InChI is InChI=1S/C38H22N4/c39-23-25-17-18-34(28(19-25)24-40)42-36-16-7-5-14-31(36)33-21-37-32(22-38(33)42)30-13-4-6-15-35(30)41(37)29-12-8-11-27(20-29)26-9-2-1-3-10-26/h1-22H. The van der Waals surface area contributed by atoms with E-state index in [1.807, 2.05) is 18.2 Å². The molecule has 8 aromatic rings. The summed E-state index contributed by atoms with van der Waals surface area (Å²) >= 11 is 0. The lowest BCUT2D eigenvalue weighted by Crippen LogP contribution is -1.98. The third kappa shape index (κ3) is 3.47. The molecule has 4 nitrogen and oxygen atoms in total. The van der Waals surface area contributed by atoms with Crippen LogP contribution in [0.2, 0.25) is 0 Å². The average Bonchev–Trinajstić information content (AvgIpc) is 3.56. The summed E-state index contributed by atoms with van der Waals surface area (Å²) in [5.74, 6) is 0. The summed E-state index contributed by atoms with van der Waals surface area (Å²) in [5, 5.41) is 24.0. The first-order valence-electron chi connectivity index (χ1n) is 13.8. The Bertz CT molecular complexity index is 2430. The minimum Gasteiger partial charge on any atom is -0.309 e. The monoisotopic (exact) mass is 534 g/mol. The zero-order valence-corrected chi connectivity index (χ0v) is 22.5. The molecular weight excluding hydrogens is 512 g/mol. The van der Waals surface area contributed by atoms with E-state index >= 15 is 0 Å². The minimum atomic E-state index is 0.469. The molecule has 0 unspecified atom stereocenters. The van der Waals surface area contributed by atoms with E-state index in [0.717, 1.165) is 55.0 Å². The predicted octanol–water partition coefficient (Wildman–Crippen LogP) is 9.29.